The zero-order chi connectivity index (χ0) is 16.0. The molecular weight excluding hydrogens is 274 g/mol. The van der Waals surface area contributed by atoms with Gasteiger partial charge in [0, 0.05) is 0 Å². The lowest BCUT2D eigenvalue weighted by Gasteiger charge is -2.06. The summed E-state index contributed by atoms with van der Waals surface area (Å²) < 4.78 is 5.14. The maximum atomic E-state index is 11.0. The summed E-state index contributed by atoms with van der Waals surface area (Å²) in [5.74, 6) is 0. The first-order valence-corrected chi connectivity index (χ1v) is 9.38. The summed E-state index contributed by atoms with van der Waals surface area (Å²) in [6.07, 6.45) is 20.1. The Balaban J connectivity index is 1.83. The second-order valence-corrected chi connectivity index (χ2v) is 6.56. The van der Waals surface area contributed by atoms with E-state index in [4.69, 9.17) is 4.74 Å². The van der Waals surface area contributed by atoms with Crippen molar-refractivity contribution < 1.29 is 9.53 Å². The fraction of sp³-hybridized carbons (Fsp3) is 0.842. The number of carbonyl (C=O) groups is 1. The van der Waals surface area contributed by atoms with Gasteiger partial charge in [0.15, 0.2) is 0 Å². The van der Waals surface area contributed by atoms with Crippen LogP contribution in [0, 0.1) is 0 Å². The molecule has 1 aliphatic rings. The van der Waals surface area contributed by atoms with Gasteiger partial charge >= 0.3 is 6.09 Å². The van der Waals surface area contributed by atoms with Gasteiger partial charge in [-0.05, 0) is 25.8 Å². The van der Waals surface area contributed by atoms with Gasteiger partial charge in [-0.1, -0.05) is 77.2 Å². The third kappa shape index (κ3) is 9.11. The Kier molecular flexibility index (Phi) is 10.9. The molecule has 1 aliphatic heterocycles. The van der Waals surface area contributed by atoms with Crippen LogP contribution in [0.15, 0.2) is 12.2 Å². The Morgan fingerprint density at radius 2 is 1.50 bits per heavy atom. The van der Waals surface area contributed by atoms with Crippen LogP contribution in [0.3, 0.4) is 0 Å². The first-order chi connectivity index (χ1) is 10.7. The van der Waals surface area contributed by atoms with Crippen molar-refractivity contribution in [2.45, 2.75) is 103 Å². The molecule has 0 aliphatic carbocycles. The molecule has 22 heavy (non-hydrogen) atoms. The highest BCUT2D eigenvalue weighted by Crippen LogP contribution is 2.13. The number of carbonyl (C=O) groups excluding carboxylic acids is 1. The summed E-state index contributed by atoms with van der Waals surface area (Å²) in [4.78, 5) is 11.0. The van der Waals surface area contributed by atoms with Crippen LogP contribution in [0.1, 0.15) is 90.9 Å². The monoisotopic (exact) mass is 309 g/mol. The minimum absolute atomic E-state index is 0.0831. The molecule has 0 aromatic rings. The average Bonchev–Trinajstić information content (AvgIpc) is 2.82. The molecule has 0 aromatic carbocycles. The van der Waals surface area contributed by atoms with Crippen molar-refractivity contribution in [3.8, 4) is 0 Å². The highest BCUT2D eigenvalue weighted by molar-refractivity contribution is 5.70. The Bertz CT molecular complexity index is 315. The fourth-order valence-corrected chi connectivity index (χ4v) is 2.89. The van der Waals surface area contributed by atoms with Crippen LogP contribution in [0.25, 0.3) is 0 Å². The zero-order valence-corrected chi connectivity index (χ0v) is 14.6. The van der Waals surface area contributed by atoms with Gasteiger partial charge in [-0.2, -0.15) is 0 Å². The summed E-state index contributed by atoms with van der Waals surface area (Å²) in [5, 5.41) is 2.75. The van der Waals surface area contributed by atoms with Crippen LogP contribution in [0.2, 0.25) is 0 Å². The number of amides is 1. The van der Waals surface area contributed by atoms with Gasteiger partial charge in [-0.15, -0.1) is 0 Å². The van der Waals surface area contributed by atoms with Gasteiger partial charge < -0.3 is 10.1 Å². The van der Waals surface area contributed by atoms with Crippen molar-refractivity contribution in [2.75, 3.05) is 0 Å². The molecule has 1 saturated heterocycles. The lowest BCUT2D eigenvalue weighted by molar-refractivity contribution is 0.154. The second kappa shape index (κ2) is 12.5. The Morgan fingerprint density at radius 3 is 2.00 bits per heavy atom. The first-order valence-electron chi connectivity index (χ1n) is 9.38. The van der Waals surface area contributed by atoms with E-state index < -0.39 is 0 Å². The molecule has 3 heteroatoms. The number of unbranched alkanes of at least 4 members (excludes halogenated alkanes) is 11. The molecule has 2 atom stereocenters. The van der Waals surface area contributed by atoms with Crippen LogP contribution in [0.4, 0.5) is 4.79 Å². The predicted molar refractivity (Wildman–Crippen MR) is 93.1 cm³/mol. The Labute approximate surface area is 136 Å². The predicted octanol–water partition coefficient (Wildman–Crippen LogP) is 5.74. The molecule has 3 nitrogen and oxygen atoms in total. The molecule has 1 rings (SSSR count). The standard InChI is InChI=1S/C19H35NO2/c1-3-4-5-6-7-8-9-10-11-12-13-14-15-16-18-17(2)20-19(21)22-18/h15-18H,3-14H2,1-2H3,(H,20,21)/b16-15+/t17-,18+/m1/s1. The molecule has 0 aromatic heterocycles. The van der Waals surface area contributed by atoms with Crippen LogP contribution in [-0.2, 0) is 4.74 Å². The number of hydrogen-bond acceptors (Lipinski definition) is 2. The molecular formula is C19H35NO2. The van der Waals surface area contributed by atoms with E-state index in [0.29, 0.717) is 0 Å². The number of nitrogens with one attached hydrogen (secondary N) is 1. The molecule has 1 N–H and O–H groups in total. The van der Waals surface area contributed by atoms with Crippen molar-refractivity contribution in [3.63, 3.8) is 0 Å². The second-order valence-electron chi connectivity index (χ2n) is 6.56. The number of hydrogen-bond donors (Lipinski definition) is 1. The summed E-state index contributed by atoms with van der Waals surface area (Å²) in [5.41, 5.74) is 0. The summed E-state index contributed by atoms with van der Waals surface area (Å²) in [6.45, 7) is 4.25. The van der Waals surface area contributed by atoms with Crippen LogP contribution >= 0.6 is 0 Å². The number of alkyl carbamates (subject to hydrolysis) is 1. The van der Waals surface area contributed by atoms with Gasteiger partial charge in [0.25, 0.3) is 0 Å². The largest absolute Gasteiger partial charge is 0.440 e. The van der Waals surface area contributed by atoms with E-state index in [1.54, 1.807) is 0 Å². The maximum Gasteiger partial charge on any atom is 0.408 e. The van der Waals surface area contributed by atoms with E-state index in [2.05, 4.69) is 18.3 Å². The third-order valence-corrected chi connectivity index (χ3v) is 4.38. The molecule has 0 radical (unpaired) electrons. The smallest absolute Gasteiger partial charge is 0.408 e. The van der Waals surface area contributed by atoms with Crippen LogP contribution in [0.5, 0.6) is 0 Å². The Morgan fingerprint density at radius 1 is 0.955 bits per heavy atom. The number of cyclic esters (lactones) is 1. The van der Waals surface area contributed by atoms with E-state index >= 15 is 0 Å². The number of rotatable bonds is 13. The highest BCUT2D eigenvalue weighted by Gasteiger charge is 2.27. The summed E-state index contributed by atoms with van der Waals surface area (Å²) in [7, 11) is 0. The maximum absolute atomic E-state index is 11.0. The number of ether oxygens (including phenoxy) is 1. The molecule has 1 amide bonds. The lowest BCUT2D eigenvalue weighted by Crippen LogP contribution is -2.26. The van der Waals surface area contributed by atoms with E-state index in [-0.39, 0.29) is 18.2 Å². The zero-order valence-electron chi connectivity index (χ0n) is 14.6. The lowest BCUT2D eigenvalue weighted by atomic mass is 10.0. The molecule has 1 fully saturated rings. The van der Waals surface area contributed by atoms with Gasteiger partial charge in [0.2, 0.25) is 0 Å². The van der Waals surface area contributed by atoms with E-state index in [1.165, 1.54) is 70.6 Å². The van der Waals surface area contributed by atoms with Crippen molar-refractivity contribution in [2.24, 2.45) is 0 Å². The highest BCUT2D eigenvalue weighted by atomic mass is 16.6. The number of allylic oxidation sites excluding steroid dienone is 1. The SMILES string of the molecule is CCCCCCCCCCCCC/C=C/[C@@H]1OC(=O)N[C@@H]1C. The van der Waals surface area contributed by atoms with Crippen molar-refractivity contribution in [3.05, 3.63) is 12.2 Å². The minimum Gasteiger partial charge on any atom is -0.440 e. The van der Waals surface area contributed by atoms with E-state index in [9.17, 15) is 4.79 Å². The molecule has 0 unspecified atom stereocenters. The molecule has 128 valence electrons. The molecule has 0 saturated carbocycles. The van der Waals surface area contributed by atoms with Crippen LogP contribution in [-0.4, -0.2) is 18.2 Å². The van der Waals surface area contributed by atoms with Crippen molar-refractivity contribution in [1.29, 1.82) is 0 Å². The molecule has 0 bridgehead atoms. The fourth-order valence-electron chi connectivity index (χ4n) is 2.89. The molecule has 1 heterocycles. The molecule has 0 spiro atoms. The van der Waals surface area contributed by atoms with Gasteiger partial charge in [-0.3, -0.25) is 0 Å². The average molecular weight is 309 g/mol. The van der Waals surface area contributed by atoms with Crippen LogP contribution < -0.4 is 5.32 Å². The minimum atomic E-state index is -0.295. The van der Waals surface area contributed by atoms with E-state index in [0.717, 1.165) is 6.42 Å². The summed E-state index contributed by atoms with van der Waals surface area (Å²) >= 11 is 0. The third-order valence-electron chi connectivity index (χ3n) is 4.38. The van der Waals surface area contributed by atoms with Crippen molar-refractivity contribution in [1.82, 2.24) is 5.32 Å². The van der Waals surface area contributed by atoms with Gasteiger partial charge in [-0.25, -0.2) is 4.79 Å². The quantitative estimate of drug-likeness (QED) is 0.348. The first kappa shape index (κ1) is 19.1. The topological polar surface area (TPSA) is 38.3 Å². The van der Waals surface area contributed by atoms with Crippen molar-refractivity contribution >= 4 is 6.09 Å². The normalized spacial score (nSPS) is 21.3. The van der Waals surface area contributed by atoms with E-state index in [1.807, 2.05) is 13.0 Å². The van der Waals surface area contributed by atoms with Gasteiger partial charge in [0.1, 0.15) is 6.10 Å². The Hall–Kier alpha value is -0.990. The summed E-state index contributed by atoms with van der Waals surface area (Å²) in [6, 6.07) is 0.0982. The van der Waals surface area contributed by atoms with Gasteiger partial charge in [0.05, 0.1) is 6.04 Å².